The quantitative estimate of drug-likeness (QED) is 0.693. The minimum absolute atomic E-state index is 0.0207. The van der Waals surface area contributed by atoms with Gasteiger partial charge >= 0.3 is 5.97 Å². The minimum Gasteiger partial charge on any atom is -0.494 e. The maximum absolute atomic E-state index is 13.0. The van der Waals surface area contributed by atoms with Crippen molar-refractivity contribution in [2.75, 3.05) is 25.2 Å². The molecule has 1 aromatic heterocycles. The zero-order valence-corrected chi connectivity index (χ0v) is 18.7. The molecular formula is C24H28N2O5. The zero-order valence-electron chi connectivity index (χ0n) is 18.7. The van der Waals surface area contributed by atoms with Crippen LogP contribution in [0.25, 0.3) is 11.1 Å². The first kappa shape index (κ1) is 21.3. The molecule has 2 aliphatic rings. The molecule has 164 valence electrons. The highest BCUT2D eigenvalue weighted by atomic mass is 16.6. The van der Waals surface area contributed by atoms with Gasteiger partial charge in [0.1, 0.15) is 17.0 Å². The van der Waals surface area contributed by atoms with Gasteiger partial charge in [-0.2, -0.15) is 0 Å². The molecular weight excluding hydrogens is 396 g/mol. The average molecular weight is 424 g/mol. The molecule has 31 heavy (non-hydrogen) atoms. The molecule has 0 radical (unpaired) electrons. The monoisotopic (exact) mass is 424 g/mol. The number of hydrogen-bond donors (Lipinski definition) is 0. The third-order valence-electron chi connectivity index (χ3n) is 5.48. The van der Waals surface area contributed by atoms with Gasteiger partial charge in [-0.1, -0.05) is 0 Å². The van der Waals surface area contributed by atoms with E-state index in [0.29, 0.717) is 30.0 Å². The van der Waals surface area contributed by atoms with Gasteiger partial charge in [0.25, 0.3) is 5.91 Å². The number of pyridine rings is 1. The van der Waals surface area contributed by atoms with Gasteiger partial charge in [-0.15, -0.1) is 0 Å². The standard InChI is InChI=1S/C24H28N2O5/c1-15-12-19(20(29-5)14-25-15)18-13-16(6-7-17(18)21(27)31-23(2,3)4)26-10-11-30-24(8-9-24)22(26)28/h6-7,12-14H,8-11H2,1-5H3. The summed E-state index contributed by atoms with van der Waals surface area (Å²) in [5.41, 5.74) is 1.98. The SMILES string of the molecule is COc1cnc(C)cc1-c1cc(N2CCOC3(CC3)C2=O)ccc1C(=O)OC(C)(C)C. The summed E-state index contributed by atoms with van der Waals surface area (Å²) < 4.78 is 16.9. The second-order valence-corrected chi connectivity index (χ2v) is 9.06. The van der Waals surface area contributed by atoms with Crippen LogP contribution in [0.3, 0.4) is 0 Å². The molecule has 7 heteroatoms. The lowest BCUT2D eigenvalue weighted by molar-refractivity contribution is -0.137. The van der Waals surface area contributed by atoms with Crippen molar-refractivity contribution in [1.82, 2.24) is 4.98 Å². The largest absolute Gasteiger partial charge is 0.494 e. The van der Waals surface area contributed by atoms with Crippen molar-refractivity contribution in [1.29, 1.82) is 0 Å². The van der Waals surface area contributed by atoms with Crippen LogP contribution in [-0.4, -0.2) is 48.3 Å². The molecule has 0 bridgehead atoms. The number of anilines is 1. The van der Waals surface area contributed by atoms with E-state index >= 15 is 0 Å². The van der Waals surface area contributed by atoms with E-state index in [1.54, 1.807) is 30.3 Å². The van der Waals surface area contributed by atoms with Crippen LogP contribution in [0.1, 0.15) is 49.7 Å². The van der Waals surface area contributed by atoms with Gasteiger partial charge in [0, 0.05) is 29.1 Å². The number of morpholine rings is 1. The van der Waals surface area contributed by atoms with Crippen molar-refractivity contribution in [2.45, 2.75) is 51.7 Å². The number of esters is 1. The van der Waals surface area contributed by atoms with Crippen molar-refractivity contribution in [3.63, 3.8) is 0 Å². The maximum Gasteiger partial charge on any atom is 0.339 e. The van der Waals surface area contributed by atoms with Crippen LogP contribution in [0.15, 0.2) is 30.5 Å². The van der Waals surface area contributed by atoms with Crippen molar-refractivity contribution in [2.24, 2.45) is 0 Å². The van der Waals surface area contributed by atoms with E-state index in [9.17, 15) is 9.59 Å². The summed E-state index contributed by atoms with van der Waals surface area (Å²) in [6.07, 6.45) is 3.14. The third-order valence-corrected chi connectivity index (χ3v) is 5.48. The number of hydrogen-bond acceptors (Lipinski definition) is 6. The van der Waals surface area contributed by atoms with E-state index in [1.807, 2.05) is 39.8 Å². The molecule has 0 unspecified atom stereocenters. The van der Waals surface area contributed by atoms with E-state index < -0.39 is 17.2 Å². The van der Waals surface area contributed by atoms with E-state index in [2.05, 4.69) is 4.98 Å². The Balaban J connectivity index is 1.83. The van der Waals surface area contributed by atoms with Crippen LogP contribution in [-0.2, 0) is 14.3 Å². The van der Waals surface area contributed by atoms with Crippen LogP contribution >= 0.6 is 0 Å². The summed E-state index contributed by atoms with van der Waals surface area (Å²) in [4.78, 5) is 32.1. The minimum atomic E-state index is -0.660. The Hall–Kier alpha value is -2.93. The molecule has 2 aromatic rings. The molecule has 1 aromatic carbocycles. The topological polar surface area (TPSA) is 78.0 Å². The number of nitrogens with zero attached hydrogens (tertiary/aromatic N) is 2. The van der Waals surface area contributed by atoms with Gasteiger partial charge < -0.3 is 19.1 Å². The van der Waals surface area contributed by atoms with Gasteiger partial charge in [-0.05, 0) is 64.8 Å². The van der Waals surface area contributed by atoms with E-state index in [4.69, 9.17) is 14.2 Å². The van der Waals surface area contributed by atoms with Crippen LogP contribution in [0, 0.1) is 6.92 Å². The second-order valence-electron chi connectivity index (χ2n) is 9.06. The number of aryl methyl sites for hydroxylation is 1. The summed E-state index contributed by atoms with van der Waals surface area (Å²) in [5, 5.41) is 0. The lowest BCUT2D eigenvalue weighted by Crippen LogP contribution is -2.49. The van der Waals surface area contributed by atoms with E-state index in [-0.39, 0.29) is 5.91 Å². The molecule has 7 nitrogen and oxygen atoms in total. The third kappa shape index (κ3) is 4.14. The number of ether oxygens (including phenoxy) is 3. The van der Waals surface area contributed by atoms with Crippen molar-refractivity contribution in [3.8, 4) is 16.9 Å². The number of carbonyl (C=O) groups is 2. The molecule has 1 spiro atoms. The van der Waals surface area contributed by atoms with Crippen LogP contribution < -0.4 is 9.64 Å². The Bertz CT molecular complexity index is 1040. The summed E-state index contributed by atoms with van der Waals surface area (Å²) in [6, 6.07) is 7.24. The van der Waals surface area contributed by atoms with Crippen molar-refractivity contribution >= 4 is 17.6 Å². The van der Waals surface area contributed by atoms with Crippen molar-refractivity contribution < 1.29 is 23.8 Å². The number of benzene rings is 1. The number of amides is 1. The molecule has 1 aliphatic heterocycles. The van der Waals surface area contributed by atoms with Crippen LogP contribution in [0.4, 0.5) is 5.69 Å². The van der Waals surface area contributed by atoms with Gasteiger partial charge in [-0.3, -0.25) is 9.78 Å². The Labute approximate surface area is 182 Å². The van der Waals surface area contributed by atoms with Gasteiger partial charge in [0.2, 0.25) is 0 Å². The van der Waals surface area contributed by atoms with E-state index in [1.165, 1.54) is 0 Å². The highest BCUT2D eigenvalue weighted by Crippen LogP contribution is 2.45. The molecule has 1 aliphatic carbocycles. The van der Waals surface area contributed by atoms with Crippen LogP contribution in [0.5, 0.6) is 5.75 Å². The Morgan fingerprint density at radius 3 is 2.58 bits per heavy atom. The molecule has 1 saturated heterocycles. The van der Waals surface area contributed by atoms with Crippen LogP contribution in [0.2, 0.25) is 0 Å². The first-order valence-electron chi connectivity index (χ1n) is 10.5. The first-order valence-corrected chi connectivity index (χ1v) is 10.5. The lowest BCUT2D eigenvalue weighted by atomic mass is 9.97. The first-order chi connectivity index (χ1) is 14.6. The molecule has 1 saturated carbocycles. The Morgan fingerprint density at radius 1 is 1.19 bits per heavy atom. The normalized spacial score (nSPS) is 17.6. The Morgan fingerprint density at radius 2 is 1.94 bits per heavy atom. The van der Waals surface area contributed by atoms with Gasteiger partial charge in [0.15, 0.2) is 0 Å². The molecule has 0 atom stereocenters. The smallest absolute Gasteiger partial charge is 0.339 e. The predicted molar refractivity (Wildman–Crippen MR) is 116 cm³/mol. The number of aromatic nitrogens is 1. The van der Waals surface area contributed by atoms with Gasteiger partial charge in [-0.25, -0.2) is 4.79 Å². The molecule has 0 N–H and O–H groups in total. The summed E-state index contributed by atoms with van der Waals surface area (Å²) in [6.45, 7) is 8.33. The number of methoxy groups -OCH3 is 1. The highest BCUT2D eigenvalue weighted by molar-refractivity contribution is 6.04. The maximum atomic E-state index is 13.0. The fraction of sp³-hybridized carbons (Fsp3) is 0.458. The fourth-order valence-corrected chi connectivity index (χ4v) is 3.81. The number of rotatable bonds is 4. The van der Waals surface area contributed by atoms with Gasteiger partial charge in [0.05, 0.1) is 25.5 Å². The molecule has 1 amide bonds. The fourth-order valence-electron chi connectivity index (χ4n) is 3.81. The Kier molecular flexibility index (Phi) is 5.25. The summed E-state index contributed by atoms with van der Waals surface area (Å²) >= 11 is 0. The second kappa shape index (κ2) is 7.64. The summed E-state index contributed by atoms with van der Waals surface area (Å²) in [7, 11) is 1.56. The number of carbonyl (C=O) groups excluding carboxylic acids is 2. The molecule has 2 heterocycles. The average Bonchev–Trinajstić information content (AvgIpc) is 3.49. The molecule has 4 rings (SSSR count). The zero-order chi connectivity index (χ0) is 22.4. The lowest BCUT2D eigenvalue weighted by Gasteiger charge is -2.33. The van der Waals surface area contributed by atoms with E-state index in [0.717, 1.165) is 29.8 Å². The highest BCUT2D eigenvalue weighted by Gasteiger charge is 2.55. The van der Waals surface area contributed by atoms with Crippen molar-refractivity contribution in [3.05, 3.63) is 41.7 Å². The molecule has 2 fully saturated rings. The summed E-state index contributed by atoms with van der Waals surface area (Å²) in [5.74, 6) is 0.0876. The predicted octanol–water partition coefficient (Wildman–Crippen LogP) is 3.92.